The molecule has 256 valence electrons. The lowest BCUT2D eigenvalue weighted by atomic mass is 9.74. The summed E-state index contributed by atoms with van der Waals surface area (Å²) in [4.78, 5) is 2.60. The molecule has 0 saturated heterocycles. The van der Waals surface area contributed by atoms with E-state index in [1.165, 1.54) is 89.3 Å². The van der Waals surface area contributed by atoms with Gasteiger partial charge >= 0.3 is 0 Å². The number of hydrogen-bond acceptors (Lipinski definition) is 1. The lowest BCUT2D eigenvalue weighted by Gasteiger charge is -2.40. The molecule has 1 heteroatoms. The lowest BCUT2D eigenvalue weighted by molar-refractivity contribution is 0.561. The maximum Gasteiger partial charge on any atom is 0.0635 e. The van der Waals surface area contributed by atoms with Crippen molar-refractivity contribution in [2.45, 2.75) is 51.0 Å². The predicted octanol–water partition coefficient (Wildman–Crippen LogP) is 13.7. The Hall–Kier alpha value is -5.92. The van der Waals surface area contributed by atoms with E-state index >= 15 is 0 Å². The number of benzene rings is 7. The second-order valence-corrected chi connectivity index (χ2v) is 16.1. The molecular weight excluding hydrogens is 639 g/mol. The smallest absolute Gasteiger partial charge is 0.0635 e. The molecule has 1 nitrogen and oxygen atoms in total. The summed E-state index contributed by atoms with van der Waals surface area (Å²) in [5, 5.41) is 0. The maximum atomic E-state index is 2.60. The van der Waals surface area contributed by atoms with Gasteiger partial charge in [0.05, 0.1) is 6.04 Å². The van der Waals surface area contributed by atoms with Gasteiger partial charge in [-0.25, -0.2) is 0 Å². The van der Waals surface area contributed by atoms with E-state index in [4.69, 9.17) is 0 Å². The third kappa shape index (κ3) is 4.84. The average Bonchev–Trinajstić information content (AvgIpc) is 3.57. The fourth-order valence-electron chi connectivity index (χ4n) is 9.72. The van der Waals surface area contributed by atoms with Crippen LogP contribution in [0.2, 0.25) is 0 Å². The highest BCUT2D eigenvalue weighted by Crippen LogP contribution is 2.60. The summed E-state index contributed by atoms with van der Waals surface area (Å²) in [5.41, 5.74) is 21.5. The Morgan fingerprint density at radius 2 is 0.887 bits per heavy atom. The molecule has 0 amide bonds. The SMILES string of the molecule is CC1(C)C2=C(c3ccccc3C(N(c3ccc(-c4ccccc4)cc3)c3ccc(-c4ccccc4)cc3)C2)c2cc3c(cc21)-c1ccccc1C3(C)C. The number of fused-ring (bicyclic) bond motifs is 7. The second-order valence-electron chi connectivity index (χ2n) is 16.1. The van der Waals surface area contributed by atoms with Crippen molar-refractivity contribution in [2.75, 3.05) is 4.90 Å². The summed E-state index contributed by atoms with van der Waals surface area (Å²) in [6.45, 7) is 9.72. The Morgan fingerprint density at radius 3 is 1.49 bits per heavy atom. The Morgan fingerprint density at radius 1 is 0.415 bits per heavy atom. The zero-order chi connectivity index (χ0) is 35.9. The van der Waals surface area contributed by atoms with Crippen LogP contribution in [0.25, 0.3) is 39.0 Å². The van der Waals surface area contributed by atoms with Gasteiger partial charge in [0, 0.05) is 22.2 Å². The molecule has 7 aromatic carbocycles. The van der Waals surface area contributed by atoms with Gasteiger partial charge in [-0.1, -0.05) is 161 Å². The van der Waals surface area contributed by atoms with Crippen molar-refractivity contribution >= 4 is 16.9 Å². The van der Waals surface area contributed by atoms with Crippen LogP contribution in [0.5, 0.6) is 0 Å². The summed E-state index contributed by atoms with van der Waals surface area (Å²) in [5.74, 6) is 0. The van der Waals surface area contributed by atoms with Gasteiger partial charge in [0.25, 0.3) is 0 Å². The molecule has 10 rings (SSSR count). The molecule has 0 fully saturated rings. The van der Waals surface area contributed by atoms with E-state index < -0.39 is 0 Å². The monoisotopic (exact) mass is 681 g/mol. The summed E-state index contributed by atoms with van der Waals surface area (Å²) in [6, 6.07) is 63.3. The molecule has 53 heavy (non-hydrogen) atoms. The molecule has 0 N–H and O–H groups in total. The summed E-state index contributed by atoms with van der Waals surface area (Å²) < 4.78 is 0. The molecule has 3 aliphatic rings. The normalized spacial score (nSPS) is 17.0. The highest BCUT2D eigenvalue weighted by molar-refractivity contribution is 5.96. The van der Waals surface area contributed by atoms with Crippen molar-refractivity contribution in [3.05, 3.63) is 209 Å². The molecule has 0 radical (unpaired) electrons. The van der Waals surface area contributed by atoms with Crippen molar-refractivity contribution in [1.29, 1.82) is 0 Å². The molecule has 7 aromatic rings. The fraction of sp³-hybridized carbons (Fsp3) is 0.154. The summed E-state index contributed by atoms with van der Waals surface area (Å²) in [7, 11) is 0. The van der Waals surface area contributed by atoms with Crippen LogP contribution in [0.1, 0.15) is 73.5 Å². The highest BCUT2D eigenvalue weighted by atomic mass is 15.2. The predicted molar refractivity (Wildman–Crippen MR) is 223 cm³/mol. The minimum Gasteiger partial charge on any atom is -0.334 e. The molecule has 3 aliphatic carbocycles. The largest absolute Gasteiger partial charge is 0.334 e. The quantitative estimate of drug-likeness (QED) is 0.175. The third-order valence-electron chi connectivity index (χ3n) is 12.5. The van der Waals surface area contributed by atoms with E-state index in [1.54, 1.807) is 0 Å². The standard InChI is InChI=1S/C52H43N/c1-51(2)45-22-14-13-19-40(45)43-31-47-44(32-46(43)51)50-42-21-12-11-20-41(42)49(33-48(50)52(47,3)4)53(38-27-23-36(24-28-38)34-15-7-5-8-16-34)39-29-25-37(26-30-39)35-17-9-6-10-18-35/h5-32,49H,33H2,1-4H3. The average molecular weight is 682 g/mol. The first kappa shape index (κ1) is 31.8. The minimum atomic E-state index is -0.118. The molecular formula is C52H43N. The molecule has 1 atom stereocenters. The van der Waals surface area contributed by atoms with Crippen LogP contribution in [-0.4, -0.2) is 0 Å². The topological polar surface area (TPSA) is 3.24 Å². The van der Waals surface area contributed by atoms with Crippen LogP contribution in [0.3, 0.4) is 0 Å². The Labute approximate surface area is 313 Å². The molecule has 0 saturated carbocycles. The highest BCUT2D eigenvalue weighted by Gasteiger charge is 2.46. The van der Waals surface area contributed by atoms with Gasteiger partial charge < -0.3 is 4.90 Å². The van der Waals surface area contributed by atoms with Crippen LogP contribution in [0.15, 0.2) is 175 Å². The van der Waals surface area contributed by atoms with Gasteiger partial charge in [0.2, 0.25) is 0 Å². The van der Waals surface area contributed by atoms with Crippen LogP contribution >= 0.6 is 0 Å². The lowest BCUT2D eigenvalue weighted by Crippen LogP contribution is -2.30. The zero-order valence-electron chi connectivity index (χ0n) is 30.9. The Bertz CT molecular complexity index is 2470. The zero-order valence-corrected chi connectivity index (χ0v) is 30.9. The van der Waals surface area contributed by atoms with Crippen LogP contribution in [-0.2, 0) is 10.8 Å². The maximum absolute atomic E-state index is 2.60. The number of hydrogen-bond donors (Lipinski definition) is 0. The number of anilines is 2. The molecule has 0 bridgehead atoms. The van der Waals surface area contributed by atoms with Crippen molar-refractivity contribution < 1.29 is 0 Å². The Balaban J connectivity index is 1.12. The van der Waals surface area contributed by atoms with E-state index in [-0.39, 0.29) is 16.9 Å². The van der Waals surface area contributed by atoms with Gasteiger partial charge in [-0.05, 0) is 121 Å². The van der Waals surface area contributed by atoms with Gasteiger partial charge in [0.1, 0.15) is 0 Å². The summed E-state index contributed by atoms with van der Waals surface area (Å²) in [6.07, 6.45) is 0.944. The van der Waals surface area contributed by atoms with Crippen molar-refractivity contribution in [3.63, 3.8) is 0 Å². The molecule has 0 spiro atoms. The second kappa shape index (κ2) is 11.8. The van der Waals surface area contributed by atoms with Gasteiger partial charge in [-0.2, -0.15) is 0 Å². The number of rotatable bonds is 5. The molecule has 0 heterocycles. The van der Waals surface area contributed by atoms with Gasteiger partial charge in [-0.15, -0.1) is 0 Å². The first-order chi connectivity index (χ1) is 25.8. The third-order valence-corrected chi connectivity index (χ3v) is 12.5. The van der Waals surface area contributed by atoms with Crippen LogP contribution in [0.4, 0.5) is 11.4 Å². The molecule has 1 unspecified atom stereocenters. The van der Waals surface area contributed by atoms with Crippen molar-refractivity contribution in [1.82, 2.24) is 0 Å². The van der Waals surface area contributed by atoms with E-state index in [1.807, 2.05) is 0 Å². The van der Waals surface area contributed by atoms with Gasteiger partial charge in [-0.3, -0.25) is 0 Å². The van der Waals surface area contributed by atoms with E-state index in [9.17, 15) is 0 Å². The molecule has 0 aromatic heterocycles. The first-order valence-electron chi connectivity index (χ1n) is 19.0. The van der Waals surface area contributed by atoms with Crippen molar-refractivity contribution in [2.24, 2.45) is 0 Å². The summed E-state index contributed by atoms with van der Waals surface area (Å²) >= 11 is 0. The van der Waals surface area contributed by atoms with E-state index in [0.29, 0.717) is 0 Å². The van der Waals surface area contributed by atoms with E-state index in [2.05, 4.69) is 202 Å². The minimum absolute atomic E-state index is 0.0419. The van der Waals surface area contributed by atoms with Crippen LogP contribution < -0.4 is 4.90 Å². The fourth-order valence-corrected chi connectivity index (χ4v) is 9.72. The first-order valence-corrected chi connectivity index (χ1v) is 19.0. The number of nitrogens with zero attached hydrogens (tertiary/aromatic N) is 1. The van der Waals surface area contributed by atoms with E-state index in [0.717, 1.165) is 6.42 Å². The van der Waals surface area contributed by atoms with Gasteiger partial charge in [0.15, 0.2) is 0 Å². The van der Waals surface area contributed by atoms with Crippen molar-refractivity contribution in [3.8, 4) is 33.4 Å². The Kier molecular flexibility index (Phi) is 7.08. The van der Waals surface area contributed by atoms with Crippen LogP contribution in [0, 0.1) is 0 Å². The molecule has 0 aliphatic heterocycles.